The number of benzene rings is 2. The van der Waals surface area contributed by atoms with Crippen LogP contribution in [-0.4, -0.2) is 39.0 Å². The molecule has 1 aromatic heterocycles. The Balaban J connectivity index is 1.57. The first-order chi connectivity index (χ1) is 15.7. The summed E-state index contributed by atoms with van der Waals surface area (Å²) in [4.78, 5) is 40.4. The van der Waals surface area contributed by atoms with Crippen LogP contribution in [0.15, 0.2) is 68.9 Å². The lowest BCUT2D eigenvalue weighted by atomic mass is 10.1. The number of rotatable bonds is 5. The van der Waals surface area contributed by atoms with E-state index in [1.165, 1.54) is 29.2 Å². The molecule has 1 aliphatic heterocycles. The van der Waals surface area contributed by atoms with Gasteiger partial charge in [-0.05, 0) is 54.2 Å². The summed E-state index contributed by atoms with van der Waals surface area (Å²) in [5.74, 6) is -0.544. The molecule has 2 heterocycles. The lowest BCUT2D eigenvalue weighted by molar-refractivity contribution is -0.384. The third-order valence-electron chi connectivity index (χ3n) is 4.67. The third kappa shape index (κ3) is 4.66. The number of amidine groups is 1. The molecule has 11 heteroatoms. The van der Waals surface area contributed by atoms with Crippen LogP contribution < -0.4 is 0 Å². The summed E-state index contributed by atoms with van der Waals surface area (Å²) in [5, 5.41) is 20.5. The summed E-state index contributed by atoms with van der Waals surface area (Å²) in [6, 6.07) is 13.7. The van der Waals surface area contributed by atoms with E-state index in [9.17, 15) is 24.8 Å². The molecule has 3 aromatic rings. The fourth-order valence-corrected chi connectivity index (χ4v) is 4.14. The molecule has 166 valence electrons. The first-order valence-electron chi connectivity index (χ1n) is 9.37. The number of halogens is 1. The number of carboxylic acids is 1. The van der Waals surface area contributed by atoms with Crippen LogP contribution in [-0.2, 0) is 4.79 Å². The highest BCUT2D eigenvalue weighted by atomic mass is 35.5. The average Bonchev–Trinajstić information content (AvgIpc) is 3.36. The van der Waals surface area contributed by atoms with Crippen LogP contribution >= 0.6 is 23.4 Å². The maximum Gasteiger partial charge on any atom is 0.337 e. The normalized spacial score (nSPS) is 16.1. The lowest BCUT2D eigenvalue weighted by Crippen LogP contribution is -2.23. The maximum atomic E-state index is 12.7. The molecule has 2 aromatic carbocycles. The summed E-state index contributed by atoms with van der Waals surface area (Å²) in [6.07, 6.45) is 1.57. The van der Waals surface area contributed by atoms with Gasteiger partial charge in [0.1, 0.15) is 11.5 Å². The Morgan fingerprint density at radius 3 is 2.61 bits per heavy atom. The van der Waals surface area contributed by atoms with Crippen LogP contribution in [0.4, 0.5) is 11.4 Å². The maximum absolute atomic E-state index is 12.7. The lowest BCUT2D eigenvalue weighted by Gasteiger charge is -2.07. The van der Waals surface area contributed by atoms with E-state index in [1.54, 1.807) is 43.5 Å². The molecular weight excluding hydrogens is 470 g/mol. The monoisotopic (exact) mass is 483 g/mol. The standard InChI is InChI=1S/C22H14ClN3O6S/c1-25-20(27)19(33-22(25)24-13-4-8-17(23)16(10-13)21(28)29)11-15-7-9-18(32-15)12-2-5-14(6-3-12)26(30)31/h2-11H,1H3,(H,28,29)/b19-11+,24-22?. The Morgan fingerprint density at radius 1 is 1.21 bits per heavy atom. The van der Waals surface area contributed by atoms with Crippen molar-refractivity contribution in [3.8, 4) is 11.3 Å². The van der Waals surface area contributed by atoms with E-state index in [-0.39, 0.29) is 22.2 Å². The van der Waals surface area contributed by atoms with Crippen molar-refractivity contribution in [2.75, 3.05) is 7.05 Å². The van der Waals surface area contributed by atoms with Gasteiger partial charge in [0.05, 0.1) is 26.1 Å². The summed E-state index contributed by atoms with van der Waals surface area (Å²) < 4.78 is 5.77. The number of carbonyl (C=O) groups is 2. The molecule has 9 nitrogen and oxygen atoms in total. The number of carboxylic acid groups (broad SMARTS) is 1. The highest BCUT2D eigenvalue weighted by molar-refractivity contribution is 8.18. The summed E-state index contributed by atoms with van der Waals surface area (Å²) >= 11 is 7.01. The molecule has 1 N–H and O–H groups in total. The Morgan fingerprint density at radius 2 is 1.94 bits per heavy atom. The number of furan rings is 1. The van der Waals surface area contributed by atoms with Crippen molar-refractivity contribution in [3.63, 3.8) is 0 Å². The minimum absolute atomic E-state index is 0.0217. The second-order valence-corrected chi connectivity index (χ2v) is 8.26. The number of aromatic carboxylic acids is 1. The van der Waals surface area contributed by atoms with E-state index < -0.39 is 10.9 Å². The number of non-ortho nitro benzene ring substituents is 1. The van der Waals surface area contributed by atoms with Crippen LogP contribution in [0.1, 0.15) is 16.1 Å². The molecular formula is C22H14ClN3O6S. The van der Waals surface area contributed by atoms with Crippen LogP contribution in [0, 0.1) is 10.1 Å². The van der Waals surface area contributed by atoms with Gasteiger partial charge in [0.2, 0.25) is 0 Å². The zero-order chi connectivity index (χ0) is 23.7. The van der Waals surface area contributed by atoms with Crippen molar-refractivity contribution in [1.29, 1.82) is 0 Å². The van der Waals surface area contributed by atoms with Gasteiger partial charge in [-0.15, -0.1) is 0 Å². The SMILES string of the molecule is CN1C(=O)/C(=C\c2ccc(-c3ccc([N+](=O)[O-])cc3)o2)SC1=Nc1ccc(Cl)c(C(=O)O)c1. The van der Waals surface area contributed by atoms with Gasteiger partial charge < -0.3 is 9.52 Å². The molecule has 0 aliphatic carbocycles. The number of amides is 1. The Kier molecular flexibility index (Phi) is 6.03. The second kappa shape index (κ2) is 8.93. The first-order valence-corrected chi connectivity index (χ1v) is 10.6. The highest BCUT2D eigenvalue weighted by Gasteiger charge is 2.31. The van der Waals surface area contributed by atoms with Gasteiger partial charge in [0.25, 0.3) is 11.6 Å². The minimum Gasteiger partial charge on any atom is -0.478 e. The van der Waals surface area contributed by atoms with Gasteiger partial charge in [0.15, 0.2) is 5.17 Å². The predicted molar refractivity (Wildman–Crippen MR) is 125 cm³/mol. The average molecular weight is 484 g/mol. The van der Waals surface area contributed by atoms with E-state index in [0.29, 0.717) is 32.8 Å². The number of nitro benzene ring substituents is 1. The summed E-state index contributed by atoms with van der Waals surface area (Å²) in [5.41, 5.74) is 0.901. The molecule has 0 saturated carbocycles. The zero-order valence-corrected chi connectivity index (χ0v) is 18.5. The topological polar surface area (TPSA) is 126 Å². The van der Waals surface area contributed by atoms with Crippen LogP contribution in [0.3, 0.4) is 0 Å². The Bertz CT molecular complexity index is 1350. The minimum atomic E-state index is -1.17. The first kappa shape index (κ1) is 22.3. The number of nitrogens with zero attached hydrogens (tertiary/aromatic N) is 3. The molecule has 0 bridgehead atoms. The van der Waals surface area contributed by atoms with E-state index in [4.69, 9.17) is 16.0 Å². The number of thioether (sulfide) groups is 1. The van der Waals surface area contributed by atoms with Gasteiger partial charge in [-0.3, -0.25) is 19.8 Å². The summed E-state index contributed by atoms with van der Waals surface area (Å²) in [7, 11) is 1.56. The fourth-order valence-electron chi connectivity index (χ4n) is 2.97. The van der Waals surface area contributed by atoms with Crippen LogP contribution in [0.25, 0.3) is 17.4 Å². The molecule has 0 atom stereocenters. The van der Waals surface area contributed by atoms with Crippen molar-refractivity contribution in [3.05, 3.63) is 86.0 Å². The van der Waals surface area contributed by atoms with Crippen molar-refractivity contribution < 1.29 is 24.0 Å². The quantitative estimate of drug-likeness (QED) is 0.291. The van der Waals surface area contributed by atoms with Gasteiger partial charge in [-0.25, -0.2) is 9.79 Å². The molecule has 4 rings (SSSR count). The fraction of sp³-hybridized carbons (Fsp3) is 0.0455. The van der Waals surface area contributed by atoms with E-state index in [0.717, 1.165) is 11.8 Å². The molecule has 33 heavy (non-hydrogen) atoms. The van der Waals surface area contributed by atoms with Crippen molar-refractivity contribution >= 4 is 57.9 Å². The number of nitro groups is 1. The van der Waals surface area contributed by atoms with E-state index in [2.05, 4.69) is 4.99 Å². The third-order valence-corrected chi connectivity index (χ3v) is 6.06. The highest BCUT2D eigenvalue weighted by Crippen LogP contribution is 2.35. The molecule has 1 amide bonds. The smallest absolute Gasteiger partial charge is 0.337 e. The van der Waals surface area contributed by atoms with Gasteiger partial charge in [0, 0.05) is 30.8 Å². The molecule has 0 radical (unpaired) electrons. The number of carbonyl (C=O) groups excluding carboxylic acids is 1. The second-order valence-electron chi connectivity index (χ2n) is 6.84. The summed E-state index contributed by atoms with van der Waals surface area (Å²) in [6.45, 7) is 0. The molecule has 0 unspecified atom stereocenters. The molecule has 0 spiro atoms. The van der Waals surface area contributed by atoms with Gasteiger partial charge in [-0.1, -0.05) is 11.6 Å². The number of likely N-dealkylation sites (N-methyl/N-ethyl adjacent to an activating group) is 1. The Labute approximate surface area is 196 Å². The molecule has 1 saturated heterocycles. The van der Waals surface area contributed by atoms with Crippen molar-refractivity contribution in [2.24, 2.45) is 4.99 Å². The van der Waals surface area contributed by atoms with E-state index in [1.807, 2.05) is 0 Å². The van der Waals surface area contributed by atoms with Crippen molar-refractivity contribution in [2.45, 2.75) is 0 Å². The van der Waals surface area contributed by atoms with Gasteiger partial charge in [-0.2, -0.15) is 0 Å². The van der Waals surface area contributed by atoms with Crippen LogP contribution in [0.5, 0.6) is 0 Å². The van der Waals surface area contributed by atoms with E-state index >= 15 is 0 Å². The number of aliphatic imine (C=N–C) groups is 1. The van der Waals surface area contributed by atoms with Gasteiger partial charge >= 0.3 is 5.97 Å². The Hall–Kier alpha value is -3.89. The molecule has 1 aliphatic rings. The zero-order valence-electron chi connectivity index (χ0n) is 16.9. The molecule has 1 fully saturated rings. The predicted octanol–water partition coefficient (Wildman–Crippen LogP) is 5.44. The van der Waals surface area contributed by atoms with Crippen molar-refractivity contribution in [1.82, 2.24) is 4.90 Å². The number of hydrogen-bond donors (Lipinski definition) is 1. The number of hydrogen-bond acceptors (Lipinski definition) is 7. The largest absolute Gasteiger partial charge is 0.478 e. The van der Waals surface area contributed by atoms with Crippen LogP contribution in [0.2, 0.25) is 5.02 Å².